The lowest BCUT2D eigenvalue weighted by molar-refractivity contribution is 1.13. The number of hydrogen-bond donors (Lipinski definition) is 1. The molecular weight excluding hydrogens is 358 g/mol. The zero-order chi connectivity index (χ0) is 19.0. The Kier molecular flexibility index (Phi) is 4.38. The van der Waals surface area contributed by atoms with E-state index in [1.165, 1.54) is 6.33 Å². The summed E-state index contributed by atoms with van der Waals surface area (Å²) in [6.07, 6.45) is 1.44. The molecule has 0 radical (unpaired) electrons. The van der Waals surface area contributed by atoms with E-state index in [2.05, 4.69) is 39.1 Å². The van der Waals surface area contributed by atoms with Gasteiger partial charge in [-0.2, -0.15) is 0 Å². The molecule has 0 unspecified atom stereocenters. The molecule has 2 aromatic heterocycles. The summed E-state index contributed by atoms with van der Waals surface area (Å²) >= 11 is 6.06. The van der Waals surface area contributed by atoms with E-state index in [9.17, 15) is 0 Å². The number of hydrogen-bond acceptors (Lipinski definition) is 5. The summed E-state index contributed by atoms with van der Waals surface area (Å²) in [5.74, 6) is 0.414. The van der Waals surface area contributed by atoms with Crippen LogP contribution in [0, 0.1) is 0 Å². The molecular formula is C21H18ClN5. The van der Waals surface area contributed by atoms with Gasteiger partial charge >= 0.3 is 0 Å². The smallest absolute Gasteiger partial charge is 0.165 e. The maximum absolute atomic E-state index is 6.06. The number of anilines is 2. The first kappa shape index (κ1) is 17.2. The zero-order valence-electron chi connectivity index (χ0n) is 15.0. The number of nitrogens with two attached hydrogens (primary N) is 1. The third-order valence-corrected chi connectivity index (χ3v) is 4.72. The van der Waals surface area contributed by atoms with Crippen molar-refractivity contribution in [3.8, 4) is 22.4 Å². The highest BCUT2D eigenvalue weighted by Gasteiger charge is 2.14. The zero-order valence-corrected chi connectivity index (χ0v) is 15.8. The fraction of sp³-hybridized carbons (Fsp3) is 0.0952. The van der Waals surface area contributed by atoms with Gasteiger partial charge in [-0.25, -0.2) is 15.0 Å². The van der Waals surface area contributed by atoms with Crippen LogP contribution in [0.4, 0.5) is 11.5 Å². The summed E-state index contributed by atoms with van der Waals surface area (Å²) in [5, 5.41) is 1.42. The molecule has 134 valence electrons. The Morgan fingerprint density at radius 2 is 1.56 bits per heavy atom. The first-order valence-corrected chi connectivity index (χ1v) is 8.85. The monoisotopic (exact) mass is 375 g/mol. The molecule has 0 aliphatic heterocycles. The van der Waals surface area contributed by atoms with E-state index >= 15 is 0 Å². The lowest BCUT2D eigenvalue weighted by Crippen LogP contribution is -2.08. The summed E-state index contributed by atoms with van der Waals surface area (Å²) in [6, 6.07) is 17.9. The van der Waals surface area contributed by atoms with E-state index < -0.39 is 0 Å². The van der Waals surface area contributed by atoms with Gasteiger partial charge in [0.25, 0.3) is 0 Å². The Hall–Kier alpha value is -3.18. The lowest BCUT2D eigenvalue weighted by atomic mass is 9.98. The normalized spacial score (nSPS) is 10.9. The molecule has 4 aromatic rings. The van der Waals surface area contributed by atoms with Crippen molar-refractivity contribution in [3.63, 3.8) is 0 Å². The minimum absolute atomic E-state index is 0.414. The minimum atomic E-state index is 0.414. The van der Waals surface area contributed by atoms with Crippen LogP contribution in [0.15, 0.2) is 60.9 Å². The van der Waals surface area contributed by atoms with Crippen LogP contribution in [0.25, 0.3) is 33.4 Å². The van der Waals surface area contributed by atoms with Crippen LogP contribution in [0.5, 0.6) is 0 Å². The van der Waals surface area contributed by atoms with Crippen molar-refractivity contribution in [2.75, 3.05) is 24.7 Å². The molecule has 0 aliphatic rings. The summed E-state index contributed by atoms with van der Waals surface area (Å²) in [5.41, 5.74) is 11.6. The van der Waals surface area contributed by atoms with Crippen LogP contribution in [-0.2, 0) is 0 Å². The molecule has 0 aliphatic carbocycles. The van der Waals surface area contributed by atoms with E-state index in [-0.39, 0.29) is 0 Å². The number of rotatable bonds is 3. The second kappa shape index (κ2) is 6.85. The largest absolute Gasteiger partial charge is 0.383 e. The molecule has 0 bridgehead atoms. The van der Waals surface area contributed by atoms with Crippen molar-refractivity contribution >= 4 is 34.1 Å². The Bertz CT molecular complexity index is 1110. The van der Waals surface area contributed by atoms with E-state index in [4.69, 9.17) is 22.3 Å². The second-order valence-corrected chi connectivity index (χ2v) is 6.90. The van der Waals surface area contributed by atoms with Gasteiger partial charge in [-0.1, -0.05) is 35.9 Å². The molecule has 5 nitrogen and oxygen atoms in total. The number of halogens is 1. The summed E-state index contributed by atoms with van der Waals surface area (Å²) < 4.78 is 0. The summed E-state index contributed by atoms with van der Waals surface area (Å²) in [6.45, 7) is 0. The van der Waals surface area contributed by atoms with Crippen LogP contribution in [0.1, 0.15) is 0 Å². The first-order valence-electron chi connectivity index (χ1n) is 8.48. The Morgan fingerprint density at radius 3 is 2.22 bits per heavy atom. The average Bonchev–Trinajstić information content (AvgIpc) is 2.68. The van der Waals surface area contributed by atoms with Gasteiger partial charge < -0.3 is 10.6 Å². The SMILES string of the molecule is CN(C)c1ccc(-c2nc3ncnc(N)c3cc2-c2ccc(Cl)cc2)cc1. The van der Waals surface area contributed by atoms with Gasteiger partial charge in [0, 0.05) is 35.9 Å². The quantitative estimate of drug-likeness (QED) is 0.564. The lowest BCUT2D eigenvalue weighted by Gasteiger charge is -2.15. The molecule has 4 rings (SSSR count). The van der Waals surface area contributed by atoms with Gasteiger partial charge in [-0.3, -0.25) is 0 Å². The highest BCUT2D eigenvalue weighted by molar-refractivity contribution is 6.30. The van der Waals surface area contributed by atoms with Crippen molar-refractivity contribution in [1.29, 1.82) is 0 Å². The molecule has 0 saturated carbocycles. The van der Waals surface area contributed by atoms with Crippen molar-refractivity contribution in [1.82, 2.24) is 15.0 Å². The van der Waals surface area contributed by atoms with Crippen LogP contribution < -0.4 is 10.6 Å². The van der Waals surface area contributed by atoms with Gasteiger partial charge in [0.15, 0.2) is 5.65 Å². The van der Waals surface area contributed by atoms with E-state index in [0.29, 0.717) is 16.5 Å². The molecule has 0 fully saturated rings. The van der Waals surface area contributed by atoms with Gasteiger partial charge in [0.1, 0.15) is 12.1 Å². The fourth-order valence-corrected chi connectivity index (χ4v) is 3.12. The molecule has 2 aromatic carbocycles. The third kappa shape index (κ3) is 3.29. The van der Waals surface area contributed by atoms with Crippen molar-refractivity contribution in [3.05, 3.63) is 65.9 Å². The molecule has 0 amide bonds. The van der Waals surface area contributed by atoms with Crippen molar-refractivity contribution in [2.45, 2.75) is 0 Å². The number of benzene rings is 2. The predicted octanol–water partition coefficient (Wildman–Crippen LogP) is 4.66. The molecule has 0 atom stereocenters. The minimum Gasteiger partial charge on any atom is -0.383 e. The molecule has 0 saturated heterocycles. The number of pyridine rings is 1. The molecule has 2 N–H and O–H groups in total. The average molecular weight is 376 g/mol. The van der Waals surface area contributed by atoms with Gasteiger partial charge in [-0.15, -0.1) is 0 Å². The van der Waals surface area contributed by atoms with Crippen molar-refractivity contribution < 1.29 is 0 Å². The number of nitrogen functional groups attached to an aromatic ring is 1. The number of nitrogens with zero attached hydrogens (tertiary/aromatic N) is 4. The number of aromatic nitrogens is 3. The van der Waals surface area contributed by atoms with Crippen LogP contribution in [0.3, 0.4) is 0 Å². The van der Waals surface area contributed by atoms with E-state index in [1.54, 1.807) is 0 Å². The first-order chi connectivity index (χ1) is 13.0. The highest BCUT2D eigenvalue weighted by Crippen LogP contribution is 2.35. The maximum Gasteiger partial charge on any atom is 0.165 e. The predicted molar refractivity (Wildman–Crippen MR) is 112 cm³/mol. The molecule has 27 heavy (non-hydrogen) atoms. The molecule has 2 heterocycles. The van der Waals surface area contributed by atoms with E-state index in [0.717, 1.165) is 33.5 Å². The third-order valence-electron chi connectivity index (χ3n) is 4.47. The summed E-state index contributed by atoms with van der Waals surface area (Å²) in [4.78, 5) is 15.2. The maximum atomic E-state index is 6.06. The molecule has 6 heteroatoms. The summed E-state index contributed by atoms with van der Waals surface area (Å²) in [7, 11) is 4.03. The van der Waals surface area contributed by atoms with Gasteiger partial charge in [0.2, 0.25) is 0 Å². The standard InChI is InChI=1S/C21H18ClN5/c1-27(2)16-9-5-14(6-10-16)19-17(13-3-7-15(22)8-4-13)11-18-20(23)24-12-25-21(18)26-19/h3-12H,1-2H3,(H2,23,24,25,26). The Morgan fingerprint density at radius 1 is 0.889 bits per heavy atom. The Balaban J connectivity index is 1.96. The topological polar surface area (TPSA) is 67.9 Å². The van der Waals surface area contributed by atoms with Crippen molar-refractivity contribution in [2.24, 2.45) is 0 Å². The Labute approximate surface area is 162 Å². The van der Waals surface area contributed by atoms with E-state index in [1.807, 2.05) is 44.4 Å². The van der Waals surface area contributed by atoms with Crippen LogP contribution >= 0.6 is 11.6 Å². The number of fused-ring (bicyclic) bond motifs is 1. The second-order valence-electron chi connectivity index (χ2n) is 6.46. The highest BCUT2D eigenvalue weighted by atomic mass is 35.5. The van der Waals surface area contributed by atoms with Gasteiger partial charge in [-0.05, 0) is 35.9 Å². The fourth-order valence-electron chi connectivity index (χ4n) is 2.99. The van der Waals surface area contributed by atoms with Crippen LogP contribution in [-0.4, -0.2) is 29.0 Å². The van der Waals surface area contributed by atoms with Gasteiger partial charge in [0.05, 0.1) is 11.1 Å². The molecule has 0 spiro atoms. The van der Waals surface area contributed by atoms with Crippen LogP contribution in [0.2, 0.25) is 5.02 Å².